The van der Waals surface area contributed by atoms with Gasteiger partial charge in [-0.3, -0.25) is 4.79 Å². The SMILES string of the molecule is Cc1cc(F)cc(C(=O)Cc2ccc3c(c2)CCC3)c1. The van der Waals surface area contributed by atoms with Gasteiger partial charge in [0.2, 0.25) is 0 Å². The maximum absolute atomic E-state index is 13.4. The summed E-state index contributed by atoms with van der Waals surface area (Å²) in [4.78, 5) is 12.3. The molecule has 3 rings (SSSR count). The van der Waals surface area contributed by atoms with E-state index in [1.165, 1.54) is 29.7 Å². The van der Waals surface area contributed by atoms with E-state index >= 15 is 0 Å². The molecule has 0 amide bonds. The third-order valence-electron chi connectivity index (χ3n) is 3.89. The zero-order valence-electron chi connectivity index (χ0n) is 11.6. The Bertz CT molecular complexity index is 653. The number of carbonyl (C=O) groups excluding carboxylic acids is 1. The van der Waals surface area contributed by atoms with Crippen LogP contribution in [-0.2, 0) is 19.3 Å². The van der Waals surface area contributed by atoms with Gasteiger partial charge in [-0.15, -0.1) is 0 Å². The topological polar surface area (TPSA) is 17.1 Å². The normalized spacial score (nSPS) is 13.3. The number of ketones is 1. The first-order valence-corrected chi connectivity index (χ1v) is 7.03. The van der Waals surface area contributed by atoms with Crippen LogP contribution in [-0.4, -0.2) is 5.78 Å². The predicted molar refractivity (Wildman–Crippen MR) is 77.6 cm³/mol. The number of benzene rings is 2. The summed E-state index contributed by atoms with van der Waals surface area (Å²) in [6, 6.07) is 10.8. The first-order valence-electron chi connectivity index (χ1n) is 7.03. The average Bonchev–Trinajstić information content (AvgIpc) is 2.85. The molecule has 0 aromatic heterocycles. The van der Waals surface area contributed by atoms with Crippen molar-refractivity contribution in [2.45, 2.75) is 32.6 Å². The van der Waals surface area contributed by atoms with Gasteiger partial charge >= 0.3 is 0 Å². The number of carbonyl (C=O) groups is 1. The molecule has 0 spiro atoms. The molecule has 20 heavy (non-hydrogen) atoms. The molecular weight excluding hydrogens is 251 g/mol. The van der Waals surface area contributed by atoms with E-state index in [-0.39, 0.29) is 11.6 Å². The minimum atomic E-state index is -0.345. The Kier molecular flexibility index (Phi) is 3.39. The number of hydrogen-bond donors (Lipinski definition) is 0. The van der Waals surface area contributed by atoms with Crippen molar-refractivity contribution in [3.63, 3.8) is 0 Å². The molecule has 0 atom stereocenters. The van der Waals surface area contributed by atoms with Crippen LogP contribution in [0.5, 0.6) is 0 Å². The molecule has 0 bridgehead atoms. The van der Waals surface area contributed by atoms with Crippen molar-refractivity contribution in [2.75, 3.05) is 0 Å². The van der Waals surface area contributed by atoms with Crippen molar-refractivity contribution in [3.05, 3.63) is 70.0 Å². The van der Waals surface area contributed by atoms with Gasteiger partial charge in [-0.2, -0.15) is 0 Å². The standard InChI is InChI=1S/C18H17FO/c1-12-7-16(11-17(19)8-12)18(20)10-13-5-6-14-3-2-4-15(14)9-13/h5-9,11H,2-4,10H2,1H3. The number of halogens is 1. The molecule has 0 N–H and O–H groups in total. The number of aryl methyl sites for hydroxylation is 3. The van der Waals surface area contributed by atoms with Gasteiger partial charge in [0.15, 0.2) is 5.78 Å². The second-order valence-electron chi connectivity index (χ2n) is 5.57. The molecule has 0 heterocycles. The Morgan fingerprint density at radius 1 is 1.10 bits per heavy atom. The second-order valence-corrected chi connectivity index (χ2v) is 5.57. The Balaban J connectivity index is 1.82. The minimum absolute atomic E-state index is 0.0226. The summed E-state index contributed by atoms with van der Waals surface area (Å²) < 4.78 is 13.4. The van der Waals surface area contributed by atoms with Gasteiger partial charge < -0.3 is 0 Å². The Morgan fingerprint density at radius 3 is 2.70 bits per heavy atom. The van der Waals surface area contributed by atoms with Crippen molar-refractivity contribution in [2.24, 2.45) is 0 Å². The van der Waals surface area contributed by atoms with Crippen molar-refractivity contribution in [3.8, 4) is 0 Å². The highest BCUT2D eigenvalue weighted by molar-refractivity contribution is 5.97. The van der Waals surface area contributed by atoms with Gasteiger partial charge in [0.25, 0.3) is 0 Å². The quantitative estimate of drug-likeness (QED) is 0.768. The van der Waals surface area contributed by atoms with Crippen LogP contribution in [0, 0.1) is 12.7 Å². The monoisotopic (exact) mass is 268 g/mol. The van der Waals surface area contributed by atoms with Crippen LogP contribution in [0.1, 0.15) is 39.0 Å². The largest absolute Gasteiger partial charge is 0.294 e. The summed E-state index contributed by atoms with van der Waals surface area (Å²) in [5, 5.41) is 0. The second kappa shape index (κ2) is 5.20. The summed E-state index contributed by atoms with van der Waals surface area (Å²) in [6.07, 6.45) is 3.80. The van der Waals surface area contributed by atoms with Gasteiger partial charge in [-0.05, 0) is 66.6 Å². The van der Waals surface area contributed by atoms with E-state index in [2.05, 4.69) is 12.1 Å². The predicted octanol–water partition coefficient (Wildman–Crippen LogP) is 4.05. The van der Waals surface area contributed by atoms with Gasteiger partial charge in [-0.1, -0.05) is 18.2 Å². The highest BCUT2D eigenvalue weighted by atomic mass is 19.1. The fourth-order valence-electron chi connectivity index (χ4n) is 2.92. The van der Waals surface area contributed by atoms with E-state index in [1.54, 1.807) is 13.0 Å². The van der Waals surface area contributed by atoms with Gasteiger partial charge in [0.05, 0.1) is 0 Å². The fraction of sp³-hybridized carbons (Fsp3) is 0.278. The lowest BCUT2D eigenvalue weighted by Crippen LogP contribution is -2.05. The Hall–Kier alpha value is -1.96. The number of fused-ring (bicyclic) bond motifs is 1. The molecule has 2 heteroatoms. The van der Waals surface area contributed by atoms with E-state index < -0.39 is 0 Å². The first-order chi connectivity index (χ1) is 9.61. The van der Waals surface area contributed by atoms with E-state index in [0.717, 1.165) is 24.0 Å². The molecule has 0 aliphatic heterocycles. The van der Waals surface area contributed by atoms with Crippen molar-refractivity contribution < 1.29 is 9.18 Å². The summed E-state index contributed by atoms with van der Waals surface area (Å²) in [6.45, 7) is 1.80. The highest BCUT2D eigenvalue weighted by Gasteiger charge is 2.13. The molecule has 0 fully saturated rings. The summed E-state index contributed by atoms with van der Waals surface area (Å²) in [7, 11) is 0. The minimum Gasteiger partial charge on any atom is -0.294 e. The molecule has 2 aromatic carbocycles. The van der Waals surface area contributed by atoms with Gasteiger partial charge in [0, 0.05) is 12.0 Å². The lowest BCUT2D eigenvalue weighted by molar-refractivity contribution is 0.0992. The van der Waals surface area contributed by atoms with Crippen LogP contribution in [0.25, 0.3) is 0 Å². The van der Waals surface area contributed by atoms with Crippen molar-refractivity contribution >= 4 is 5.78 Å². The van der Waals surface area contributed by atoms with Crippen LogP contribution in [0.4, 0.5) is 4.39 Å². The lowest BCUT2D eigenvalue weighted by atomic mass is 9.99. The first kappa shape index (κ1) is 13.0. The number of hydrogen-bond acceptors (Lipinski definition) is 1. The molecular formula is C18H17FO. The Morgan fingerprint density at radius 2 is 1.90 bits per heavy atom. The van der Waals surface area contributed by atoms with Crippen LogP contribution >= 0.6 is 0 Å². The van der Waals surface area contributed by atoms with Crippen molar-refractivity contribution in [1.29, 1.82) is 0 Å². The zero-order valence-corrected chi connectivity index (χ0v) is 11.6. The van der Waals surface area contributed by atoms with Crippen LogP contribution in [0.3, 0.4) is 0 Å². The number of rotatable bonds is 3. The molecule has 0 saturated heterocycles. The third kappa shape index (κ3) is 2.64. The molecule has 1 aliphatic rings. The van der Waals surface area contributed by atoms with Crippen molar-refractivity contribution in [1.82, 2.24) is 0 Å². The Labute approximate surface area is 118 Å². The summed E-state index contributed by atoms with van der Waals surface area (Å²) in [5.74, 6) is -0.368. The van der Waals surface area contributed by atoms with Gasteiger partial charge in [0.1, 0.15) is 5.82 Å². The molecule has 102 valence electrons. The van der Waals surface area contributed by atoms with E-state index in [9.17, 15) is 9.18 Å². The molecule has 0 unspecified atom stereocenters. The maximum Gasteiger partial charge on any atom is 0.167 e. The highest BCUT2D eigenvalue weighted by Crippen LogP contribution is 2.23. The smallest absolute Gasteiger partial charge is 0.167 e. The summed E-state index contributed by atoms with van der Waals surface area (Å²) in [5.41, 5.74) is 5.04. The van der Waals surface area contributed by atoms with Gasteiger partial charge in [-0.25, -0.2) is 4.39 Å². The van der Waals surface area contributed by atoms with Crippen LogP contribution in [0.15, 0.2) is 36.4 Å². The lowest BCUT2D eigenvalue weighted by Gasteiger charge is -2.06. The van der Waals surface area contributed by atoms with E-state index in [1.807, 2.05) is 6.07 Å². The zero-order chi connectivity index (χ0) is 14.1. The summed E-state index contributed by atoms with van der Waals surface area (Å²) >= 11 is 0. The third-order valence-corrected chi connectivity index (χ3v) is 3.89. The molecule has 1 aliphatic carbocycles. The molecule has 0 radical (unpaired) electrons. The van der Waals surface area contributed by atoms with Crippen LogP contribution in [0.2, 0.25) is 0 Å². The maximum atomic E-state index is 13.4. The van der Waals surface area contributed by atoms with E-state index in [4.69, 9.17) is 0 Å². The molecule has 2 aromatic rings. The van der Waals surface area contributed by atoms with E-state index in [0.29, 0.717) is 12.0 Å². The number of Topliss-reactive ketones (excluding diaryl/α,β-unsaturated/α-hetero) is 1. The molecule has 1 nitrogen and oxygen atoms in total. The average molecular weight is 268 g/mol. The van der Waals surface area contributed by atoms with Crippen LogP contribution < -0.4 is 0 Å². The molecule has 0 saturated carbocycles. The fourth-order valence-corrected chi connectivity index (χ4v) is 2.92.